The van der Waals surface area contributed by atoms with E-state index in [1.54, 1.807) is 0 Å². The smallest absolute Gasteiger partial charge is 0.295 e. The van der Waals surface area contributed by atoms with Crippen LogP contribution in [-0.2, 0) is 0 Å². The van der Waals surface area contributed by atoms with Crippen LogP contribution in [0.2, 0.25) is 0 Å². The first kappa shape index (κ1) is 10.1. The Balaban J connectivity index is 2.11. The van der Waals surface area contributed by atoms with Gasteiger partial charge in [-0.15, -0.1) is 10.2 Å². The second-order valence-electron chi connectivity index (χ2n) is 3.79. The van der Waals surface area contributed by atoms with Crippen LogP contribution in [0.5, 0.6) is 0 Å². The molecule has 2 heterocycles. The number of likely N-dealkylation sites (tertiary alicyclic amines) is 1. The Bertz CT molecular complexity index is 323. The zero-order valence-electron chi connectivity index (χ0n) is 8.81. The minimum Gasteiger partial charge on any atom is -0.333 e. The van der Waals surface area contributed by atoms with Crippen LogP contribution in [-0.4, -0.2) is 44.0 Å². The lowest BCUT2D eigenvalue weighted by Crippen LogP contribution is -2.43. The zero-order chi connectivity index (χ0) is 10.7. The van der Waals surface area contributed by atoms with Crippen molar-refractivity contribution in [3.05, 3.63) is 5.82 Å². The number of piperidine rings is 1. The van der Waals surface area contributed by atoms with Gasteiger partial charge >= 0.3 is 0 Å². The molecule has 1 aromatic rings. The van der Waals surface area contributed by atoms with Crippen LogP contribution < -0.4 is 0 Å². The Morgan fingerprint density at radius 2 is 2.47 bits per heavy atom. The molecule has 1 unspecified atom stereocenters. The lowest BCUT2D eigenvalue weighted by molar-refractivity contribution is 0.0595. The summed E-state index contributed by atoms with van der Waals surface area (Å²) < 4.78 is 0. The van der Waals surface area contributed by atoms with Gasteiger partial charge in [-0.25, -0.2) is 0 Å². The maximum atomic E-state index is 12.0. The van der Waals surface area contributed by atoms with E-state index in [4.69, 9.17) is 0 Å². The standard InChI is InChI=1S/C9H15N5O/c1-2-7-5-3-4-6-14(7)9(15)8-10-12-13-11-8/h7H,2-6H2,1H3,(H,10,11,12,13). The number of nitrogens with one attached hydrogen (secondary N) is 1. The van der Waals surface area contributed by atoms with Gasteiger partial charge in [-0.05, 0) is 30.9 Å². The molecule has 82 valence electrons. The van der Waals surface area contributed by atoms with Gasteiger partial charge in [0.2, 0.25) is 0 Å². The molecule has 6 nitrogen and oxygen atoms in total. The van der Waals surface area contributed by atoms with Crippen molar-refractivity contribution in [1.29, 1.82) is 0 Å². The first-order valence-electron chi connectivity index (χ1n) is 5.37. The van der Waals surface area contributed by atoms with E-state index in [9.17, 15) is 4.79 Å². The summed E-state index contributed by atoms with van der Waals surface area (Å²) in [6, 6.07) is 0.338. The highest BCUT2D eigenvalue weighted by atomic mass is 16.2. The summed E-state index contributed by atoms with van der Waals surface area (Å²) in [5.74, 6) is 0.0747. The summed E-state index contributed by atoms with van der Waals surface area (Å²) in [6.07, 6.45) is 4.35. The van der Waals surface area contributed by atoms with E-state index in [1.807, 2.05) is 4.90 Å². The Kier molecular flexibility index (Phi) is 2.94. The predicted octanol–water partition coefficient (Wildman–Crippen LogP) is 0.604. The number of rotatable bonds is 2. The van der Waals surface area contributed by atoms with Gasteiger partial charge in [-0.3, -0.25) is 4.79 Å². The second kappa shape index (κ2) is 4.37. The van der Waals surface area contributed by atoms with Crippen molar-refractivity contribution in [3.63, 3.8) is 0 Å². The fraction of sp³-hybridized carbons (Fsp3) is 0.778. The summed E-state index contributed by atoms with van der Waals surface area (Å²) in [4.78, 5) is 13.8. The van der Waals surface area contributed by atoms with Crippen LogP contribution in [0.1, 0.15) is 43.2 Å². The highest BCUT2D eigenvalue weighted by Crippen LogP contribution is 2.20. The maximum Gasteiger partial charge on any atom is 0.295 e. The molecule has 6 heteroatoms. The summed E-state index contributed by atoms with van der Waals surface area (Å²) in [5.41, 5.74) is 0. The Hall–Kier alpha value is -1.46. The zero-order valence-corrected chi connectivity index (χ0v) is 8.81. The Labute approximate surface area is 88.0 Å². The highest BCUT2D eigenvalue weighted by molar-refractivity contribution is 5.90. The number of hydrogen-bond acceptors (Lipinski definition) is 4. The molecular formula is C9H15N5O. The molecule has 0 radical (unpaired) electrons. The molecule has 0 bridgehead atoms. The first-order chi connectivity index (χ1) is 7.33. The van der Waals surface area contributed by atoms with Crippen molar-refractivity contribution in [1.82, 2.24) is 25.5 Å². The van der Waals surface area contributed by atoms with Gasteiger partial charge in [0.15, 0.2) is 0 Å². The third-order valence-corrected chi connectivity index (χ3v) is 2.90. The van der Waals surface area contributed by atoms with E-state index >= 15 is 0 Å². The monoisotopic (exact) mass is 209 g/mol. The van der Waals surface area contributed by atoms with Crippen molar-refractivity contribution < 1.29 is 4.79 Å². The molecule has 1 amide bonds. The van der Waals surface area contributed by atoms with E-state index in [2.05, 4.69) is 27.5 Å². The van der Waals surface area contributed by atoms with Gasteiger partial charge in [0.1, 0.15) is 0 Å². The normalized spacial score (nSPS) is 21.7. The third kappa shape index (κ3) is 1.98. The van der Waals surface area contributed by atoms with E-state index in [0.717, 1.165) is 25.8 Å². The van der Waals surface area contributed by atoms with Gasteiger partial charge in [-0.1, -0.05) is 6.92 Å². The fourth-order valence-electron chi connectivity index (χ4n) is 2.07. The number of carbonyl (C=O) groups is 1. The third-order valence-electron chi connectivity index (χ3n) is 2.90. The van der Waals surface area contributed by atoms with Crippen LogP contribution in [0, 0.1) is 0 Å². The van der Waals surface area contributed by atoms with E-state index < -0.39 is 0 Å². The summed E-state index contributed by atoms with van der Waals surface area (Å²) >= 11 is 0. The van der Waals surface area contributed by atoms with Crippen LogP contribution >= 0.6 is 0 Å². The number of carbonyl (C=O) groups excluding carboxylic acids is 1. The van der Waals surface area contributed by atoms with Crippen LogP contribution in [0.15, 0.2) is 0 Å². The second-order valence-corrected chi connectivity index (χ2v) is 3.79. The van der Waals surface area contributed by atoms with Crippen molar-refractivity contribution >= 4 is 5.91 Å². The Morgan fingerprint density at radius 3 is 3.13 bits per heavy atom. The molecule has 0 spiro atoms. The van der Waals surface area contributed by atoms with Crippen molar-refractivity contribution in [2.24, 2.45) is 0 Å². The fourth-order valence-corrected chi connectivity index (χ4v) is 2.07. The molecule has 2 rings (SSSR count). The molecule has 0 saturated carbocycles. The number of tetrazole rings is 1. The van der Waals surface area contributed by atoms with Crippen LogP contribution in [0.25, 0.3) is 0 Å². The molecule has 1 saturated heterocycles. The van der Waals surface area contributed by atoms with E-state index in [1.165, 1.54) is 6.42 Å². The largest absolute Gasteiger partial charge is 0.333 e. The van der Waals surface area contributed by atoms with Crippen LogP contribution in [0.4, 0.5) is 0 Å². The van der Waals surface area contributed by atoms with Crippen molar-refractivity contribution in [2.45, 2.75) is 38.6 Å². The van der Waals surface area contributed by atoms with Crippen molar-refractivity contribution in [2.75, 3.05) is 6.54 Å². The van der Waals surface area contributed by atoms with Crippen molar-refractivity contribution in [3.8, 4) is 0 Å². The molecule has 1 atom stereocenters. The number of H-pyrrole nitrogens is 1. The molecule has 0 aliphatic carbocycles. The lowest BCUT2D eigenvalue weighted by Gasteiger charge is -2.34. The number of aromatic nitrogens is 4. The van der Waals surface area contributed by atoms with Gasteiger partial charge in [0.25, 0.3) is 11.7 Å². The van der Waals surface area contributed by atoms with E-state index in [-0.39, 0.29) is 11.7 Å². The SMILES string of the molecule is CCC1CCCCN1C(=O)c1nn[nH]n1. The summed E-state index contributed by atoms with van der Waals surface area (Å²) in [7, 11) is 0. The van der Waals surface area contributed by atoms with E-state index in [0.29, 0.717) is 6.04 Å². The number of amides is 1. The van der Waals surface area contributed by atoms with Crippen LogP contribution in [0.3, 0.4) is 0 Å². The average molecular weight is 209 g/mol. The average Bonchev–Trinajstić information content (AvgIpc) is 2.81. The van der Waals surface area contributed by atoms with Gasteiger partial charge in [0, 0.05) is 12.6 Å². The minimum atomic E-state index is -0.102. The molecule has 1 fully saturated rings. The first-order valence-corrected chi connectivity index (χ1v) is 5.37. The number of hydrogen-bond donors (Lipinski definition) is 1. The molecule has 1 aromatic heterocycles. The molecule has 1 N–H and O–H groups in total. The Morgan fingerprint density at radius 1 is 1.60 bits per heavy atom. The molecule has 1 aliphatic heterocycles. The minimum absolute atomic E-state index is 0.102. The summed E-state index contributed by atoms with van der Waals surface area (Å²) in [6.45, 7) is 2.92. The number of aromatic amines is 1. The quantitative estimate of drug-likeness (QED) is 0.774. The van der Waals surface area contributed by atoms with Gasteiger partial charge < -0.3 is 4.90 Å². The summed E-state index contributed by atoms with van der Waals surface area (Å²) in [5, 5.41) is 13.2. The van der Waals surface area contributed by atoms with Gasteiger partial charge in [0.05, 0.1) is 0 Å². The topological polar surface area (TPSA) is 74.8 Å². The predicted molar refractivity (Wildman–Crippen MR) is 53.1 cm³/mol. The van der Waals surface area contributed by atoms with Gasteiger partial charge in [-0.2, -0.15) is 5.21 Å². The molecule has 1 aliphatic rings. The highest BCUT2D eigenvalue weighted by Gasteiger charge is 2.28. The molecular weight excluding hydrogens is 194 g/mol. The molecule has 0 aromatic carbocycles. The molecule has 15 heavy (non-hydrogen) atoms. The maximum absolute atomic E-state index is 12.0. The number of nitrogens with zero attached hydrogens (tertiary/aromatic N) is 4. The lowest BCUT2D eigenvalue weighted by atomic mass is 10.00.